The molecule has 43 heavy (non-hydrogen) atoms. The zero-order chi connectivity index (χ0) is 30.1. The predicted octanol–water partition coefficient (Wildman–Crippen LogP) is 3.51. The van der Waals surface area contributed by atoms with Crippen molar-refractivity contribution in [3.05, 3.63) is 108 Å². The molecule has 3 aromatic carbocycles. The van der Waals surface area contributed by atoms with E-state index in [9.17, 15) is 19.5 Å². The van der Waals surface area contributed by atoms with Crippen LogP contribution in [0.4, 0.5) is 4.79 Å². The van der Waals surface area contributed by atoms with E-state index >= 15 is 0 Å². The number of urea groups is 1. The normalized spacial score (nSPS) is 20.8. The van der Waals surface area contributed by atoms with Crippen LogP contribution in [0.1, 0.15) is 23.6 Å². The van der Waals surface area contributed by atoms with Crippen molar-refractivity contribution in [2.24, 2.45) is 0 Å². The summed E-state index contributed by atoms with van der Waals surface area (Å²) in [5.74, 6) is -0.291. The summed E-state index contributed by atoms with van der Waals surface area (Å²) in [6, 6.07) is 24.3. The van der Waals surface area contributed by atoms with E-state index in [-0.39, 0.29) is 36.6 Å². The van der Waals surface area contributed by atoms with Crippen molar-refractivity contribution in [2.45, 2.75) is 44.7 Å². The first-order valence-corrected chi connectivity index (χ1v) is 14.4. The number of hydrazine groups is 1. The summed E-state index contributed by atoms with van der Waals surface area (Å²) in [4.78, 5) is 49.5. The second kappa shape index (κ2) is 11.7. The molecule has 4 aromatic rings. The van der Waals surface area contributed by atoms with E-state index in [0.717, 1.165) is 27.6 Å². The molecule has 1 aromatic heterocycles. The van der Waals surface area contributed by atoms with E-state index in [0.29, 0.717) is 13.1 Å². The summed E-state index contributed by atoms with van der Waals surface area (Å²) in [5.41, 5.74) is 3.54. The minimum atomic E-state index is -0.835. The van der Waals surface area contributed by atoms with Gasteiger partial charge in [0, 0.05) is 38.1 Å². The van der Waals surface area contributed by atoms with Gasteiger partial charge < -0.3 is 20.2 Å². The molecule has 0 aliphatic carbocycles. The number of carbonyl (C=O) groups is 3. The van der Waals surface area contributed by atoms with Crippen molar-refractivity contribution in [1.29, 1.82) is 0 Å². The van der Waals surface area contributed by atoms with Gasteiger partial charge in [-0.1, -0.05) is 54.6 Å². The Labute approximate surface area is 250 Å². The third-order valence-corrected chi connectivity index (χ3v) is 8.26. The Morgan fingerprint density at radius 3 is 2.47 bits per heavy atom. The maximum absolute atomic E-state index is 14.3. The monoisotopic (exact) mass is 578 g/mol. The van der Waals surface area contributed by atoms with Crippen molar-refractivity contribution < 1.29 is 19.5 Å². The van der Waals surface area contributed by atoms with Crippen LogP contribution in [0.3, 0.4) is 0 Å². The number of pyridine rings is 1. The number of aromatic nitrogens is 1. The number of phenols is 1. The number of rotatable bonds is 6. The van der Waals surface area contributed by atoms with E-state index in [1.165, 1.54) is 0 Å². The van der Waals surface area contributed by atoms with Gasteiger partial charge in [0.05, 0.1) is 18.1 Å². The molecule has 2 N–H and O–H groups in total. The highest BCUT2D eigenvalue weighted by Gasteiger charge is 2.54. The molecule has 2 fully saturated rings. The van der Waals surface area contributed by atoms with E-state index in [4.69, 9.17) is 0 Å². The number of hydrogen-bond acceptors (Lipinski definition) is 6. The zero-order valence-corrected chi connectivity index (χ0v) is 24.1. The number of carbonyl (C=O) groups excluding carboxylic acids is 3. The lowest BCUT2D eigenvalue weighted by atomic mass is 9.94. The smallest absolute Gasteiger partial charge is 0.334 e. The summed E-state index contributed by atoms with van der Waals surface area (Å²) in [6.07, 6.45) is 1.26. The number of amides is 4. The largest absolute Gasteiger partial charge is 0.508 e. The molecule has 1 unspecified atom stereocenters. The van der Waals surface area contributed by atoms with Crippen LogP contribution >= 0.6 is 0 Å². The topological polar surface area (TPSA) is 109 Å². The molecule has 0 radical (unpaired) electrons. The maximum Gasteiger partial charge on any atom is 0.334 e. The molecule has 220 valence electrons. The highest BCUT2D eigenvalue weighted by Crippen LogP contribution is 2.33. The predicted molar refractivity (Wildman–Crippen MR) is 161 cm³/mol. The molecule has 0 saturated carbocycles. The number of phenolic OH excluding ortho intramolecular Hbond substituents is 1. The fraction of sp³-hybridized carbons (Fsp3) is 0.273. The summed E-state index contributed by atoms with van der Waals surface area (Å²) < 4.78 is 0. The summed E-state index contributed by atoms with van der Waals surface area (Å²) in [6.45, 7) is 2.47. The molecule has 10 heteroatoms. The third kappa shape index (κ3) is 5.61. The summed E-state index contributed by atoms with van der Waals surface area (Å²) in [7, 11) is 1.72. The molecule has 2 aliphatic rings. The van der Waals surface area contributed by atoms with E-state index < -0.39 is 18.2 Å². The van der Waals surface area contributed by atoms with Crippen LogP contribution in [0.25, 0.3) is 10.9 Å². The van der Waals surface area contributed by atoms with Gasteiger partial charge in [-0.15, -0.1) is 0 Å². The average Bonchev–Trinajstić information content (AvgIpc) is 3.01. The second-order valence-corrected chi connectivity index (χ2v) is 11.1. The van der Waals surface area contributed by atoms with E-state index in [1.54, 1.807) is 57.3 Å². The number of likely N-dealkylation sites (N-methyl/N-ethyl adjacent to an activating group) is 1. The maximum atomic E-state index is 14.3. The molecule has 6 rings (SSSR count). The van der Waals surface area contributed by atoms with Gasteiger partial charge in [-0.2, -0.15) is 0 Å². The molecule has 2 saturated heterocycles. The number of fused-ring (bicyclic) bond motifs is 2. The summed E-state index contributed by atoms with van der Waals surface area (Å²) in [5, 5.41) is 17.0. The Balaban J connectivity index is 1.36. The fourth-order valence-corrected chi connectivity index (χ4v) is 6.10. The van der Waals surface area contributed by atoms with Gasteiger partial charge >= 0.3 is 6.03 Å². The van der Waals surface area contributed by atoms with Crippen LogP contribution in [0, 0.1) is 0 Å². The van der Waals surface area contributed by atoms with Gasteiger partial charge in [0.15, 0.2) is 0 Å². The molecule has 2 aliphatic heterocycles. The molecular weight excluding hydrogens is 544 g/mol. The molecule has 0 spiro atoms. The molecule has 3 heterocycles. The first-order chi connectivity index (χ1) is 20.8. The van der Waals surface area contributed by atoms with Crippen LogP contribution in [0.2, 0.25) is 0 Å². The number of nitrogens with one attached hydrogen (secondary N) is 1. The standard InChI is InChI=1S/C33H34N6O4/c1-22-31-38(30(41)21-36(2)39(31)33(43)35-19-24-7-4-3-5-8-24)29(18-23-10-13-27(40)14-11-23)32(42)37(22)20-25-12-15-28-26(17-25)9-6-16-34-28/h3-17,22,29,31,40H,18-21H2,1-2H3,(H,35,43)/t22-,29-,31?/m0/s1. The Hall–Kier alpha value is -4.96. The number of piperazine rings is 1. The number of aromatic hydroxyl groups is 1. The highest BCUT2D eigenvalue weighted by molar-refractivity contribution is 5.92. The quantitative estimate of drug-likeness (QED) is 0.363. The molecule has 10 nitrogen and oxygen atoms in total. The SMILES string of the molecule is C[C@H]1C2N(C(=O)CN(C)N2C(=O)NCc2ccccc2)[C@@H](Cc2ccc(O)cc2)C(=O)N1Cc1ccc2ncccc2c1. The lowest BCUT2D eigenvalue weighted by Gasteiger charge is -2.57. The number of hydrogen-bond donors (Lipinski definition) is 2. The first kappa shape index (κ1) is 28.2. The van der Waals surface area contributed by atoms with Crippen molar-refractivity contribution in [2.75, 3.05) is 13.6 Å². The lowest BCUT2D eigenvalue weighted by molar-refractivity contribution is -0.196. The van der Waals surface area contributed by atoms with Gasteiger partial charge in [0.1, 0.15) is 18.0 Å². The fourth-order valence-electron chi connectivity index (χ4n) is 6.10. The van der Waals surface area contributed by atoms with Crippen LogP contribution in [0.15, 0.2) is 91.1 Å². The van der Waals surface area contributed by atoms with Crippen LogP contribution < -0.4 is 5.32 Å². The van der Waals surface area contributed by atoms with E-state index in [2.05, 4.69) is 10.3 Å². The second-order valence-electron chi connectivity index (χ2n) is 11.1. The Bertz CT molecular complexity index is 1650. The van der Waals surface area contributed by atoms with Crippen LogP contribution in [-0.4, -0.2) is 79.6 Å². The number of nitrogens with zero attached hydrogens (tertiary/aromatic N) is 5. The molecule has 4 amide bonds. The highest BCUT2D eigenvalue weighted by atomic mass is 16.3. The van der Waals surface area contributed by atoms with Crippen LogP contribution in [0.5, 0.6) is 5.75 Å². The summed E-state index contributed by atoms with van der Waals surface area (Å²) >= 11 is 0. The van der Waals surface area contributed by atoms with E-state index in [1.807, 2.05) is 67.6 Å². The zero-order valence-electron chi connectivity index (χ0n) is 24.1. The van der Waals surface area contributed by atoms with Crippen molar-refractivity contribution >= 4 is 28.7 Å². The number of benzene rings is 3. The molecule has 0 bridgehead atoms. The Morgan fingerprint density at radius 1 is 0.953 bits per heavy atom. The third-order valence-electron chi connectivity index (χ3n) is 8.26. The van der Waals surface area contributed by atoms with Crippen molar-refractivity contribution in [1.82, 2.24) is 30.1 Å². The van der Waals surface area contributed by atoms with Crippen LogP contribution in [-0.2, 0) is 29.1 Å². The first-order valence-electron chi connectivity index (χ1n) is 14.4. The van der Waals surface area contributed by atoms with Gasteiger partial charge in [0.25, 0.3) is 0 Å². The Morgan fingerprint density at radius 2 is 1.70 bits per heavy atom. The molecule has 3 atom stereocenters. The van der Waals surface area contributed by atoms with Gasteiger partial charge in [-0.3, -0.25) is 14.6 Å². The average molecular weight is 579 g/mol. The minimum absolute atomic E-state index is 0.0426. The van der Waals surface area contributed by atoms with Gasteiger partial charge in [-0.05, 0) is 53.9 Å². The van der Waals surface area contributed by atoms with Crippen molar-refractivity contribution in [3.63, 3.8) is 0 Å². The van der Waals surface area contributed by atoms with Crippen molar-refractivity contribution in [3.8, 4) is 5.75 Å². The van der Waals surface area contributed by atoms with Gasteiger partial charge in [-0.25, -0.2) is 14.8 Å². The molecular formula is C33H34N6O4. The Kier molecular flexibility index (Phi) is 7.69. The minimum Gasteiger partial charge on any atom is -0.508 e. The van der Waals surface area contributed by atoms with Gasteiger partial charge in [0.2, 0.25) is 11.8 Å². The lowest BCUT2D eigenvalue weighted by Crippen LogP contribution is -2.78.